The number of hydrogen-bond donors (Lipinski definition) is 0. The SMILES string of the molecule is CCC(c1ccc(Cl)c(Cl)c1)S(=O)(=O)Cl. The molecular formula is C9H9Cl3O2S. The first kappa shape index (κ1) is 13.1. The van der Waals surface area contributed by atoms with Crippen molar-refractivity contribution in [3.8, 4) is 0 Å². The Labute approximate surface area is 104 Å². The Morgan fingerprint density at radius 3 is 2.27 bits per heavy atom. The molecule has 0 bridgehead atoms. The zero-order valence-electron chi connectivity index (χ0n) is 7.88. The quantitative estimate of drug-likeness (QED) is 0.787. The van der Waals surface area contributed by atoms with E-state index in [1.807, 2.05) is 0 Å². The van der Waals surface area contributed by atoms with Gasteiger partial charge in [-0.25, -0.2) is 8.42 Å². The molecule has 0 saturated carbocycles. The second kappa shape index (κ2) is 4.91. The molecule has 0 aliphatic carbocycles. The summed E-state index contributed by atoms with van der Waals surface area (Å²) >= 11 is 11.5. The number of hydrogen-bond acceptors (Lipinski definition) is 2. The molecule has 6 heteroatoms. The number of rotatable bonds is 3. The zero-order chi connectivity index (χ0) is 11.6. The smallest absolute Gasteiger partial charge is 0.212 e. The van der Waals surface area contributed by atoms with Crippen LogP contribution in [-0.4, -0.2) is 8.42 Å². The second-order valence-corrected chi connectivity index (χ2v) is 6.67. The minimum atomic E-state index is -3.63. The molecule has 1 atom stereocenters. The van der Waals surface area contributed by atoms with E-state index in [0.29, 0.717) is 22.0 Å². The fraction of sp³-hybridized carbons (Fsp3) is 0.333. The van der Waals surface area contributed by atoms with Crippen molar-refractivity contribution in [3.63, 3.8) is 0 Å². The highest BCUT2D eigenvalue weighted by molar-refractivity contribution is 8.13. The minimum Gasteiger partial charge on any atom is -0.212 e. The Kier molecular flexibility index (Phi) is 4.29. The fourth-order valence-electron chi connectivity index (χ4n) is 1.31. The summed E-state index contributed by atoms with van der Waals surface area (Å²) in [5, 5.41) is -0.0240. The molecule has 1 rings (SSSR count). The van der Waals surface area contributed by atoms with Gasteiger partial charge in [0.05, 0.1) is 10.0 Å². The molecule has 0 aromatic heterocycles. The lowest BCUT2D eigenvalue weighted by Gasteiger charge is -2.12. The van der Waals surface area contributed by atoms with Gasteiger partial charge in [0.25, 0.3) is 0 Å². The lowest BCUT2D eigenvalue weighted by molar-refractivity contribution is 0.594. The minimum absolute atomic E-state index is 0.327. The molecule has 0 amide bonds. The van der Waals surface area contributed by atoms with E-state index in [1.165, 1.54) is 6.07 Å². The second-order valence-electron chi connectivity index (χ2n) is 3.05. The molecule has 0 aliphatic rings. The van der Waals surface area contributed by atoms with E-state index in [0.717, 1.165) is 0 Å². The molecule has 0 fully saturated rings. The highest BCUT2D eigenvalue weighted by atomic mass is 35.7. The van der Waals surface area contributed by atoms with Crippen molar-refractivity contribution >= 4 is 42.9 Å². The summed E-state index contributed by atoms with van der Waals surface area (Å²) in [5.41, 5.74) is 0.557. The maximum absolute atomic E-state index is 11.2. The van der Waals surface area contributed by atoms with Gasteiger partial charge >= 0.3 is 0 Å². The molecule has 0 heterocycles. The summed E-state index contributed by atoms with van der Waals surface area (Å²) in [6.45, 7) is 1.74. The third-order valence-electron chi connectivity index (χ3n) is 2.03. The Bertz CT molecular complexity index is 456. The van der Waals surface area contributed by atoms with Gasteiger partial charge in [-0.1, -0.05) is 36.2 Å². The van der Waals surface area contributed by atoms with Gasteiger partial charge in [0.15, 0.2) is 0 Å². The molecule has 1 unspecified atom stereocenters. The van der Waals surface area contributed by atoms with Crippen LogP contribution in [0.5, 0.6) is 0 Å². The van der Waals surface area contributed by atoms with Crippen molar-refractivity contribution in [1.82, 2.24) is 0 Å². The van der Waals surface area contributed by atoms with Crippen LogP contribution >= 0.6 is 33.9 Å². The van der Waals surface area contributed by atoms with Crippen LogP contribution in [0.1, 0.15) is 24.2 Å². The van der Waals surface area contributed by atoms with Gasteiger partial charge in [0.1, 0.15) is 5.25 Å². The van der Waals surface area contributed by atoms with Crippen LogP contribution < -0.4 is 0 Å². The average Bonchev–Trinajstić information content (AvgIpc) is 2.10. The van der Waals surface area contributed by atoms with E-state index in [9.17, 15) is 8.42 Å². The summed E-state index contributed by atoms with van der Waals surface area (Å²) in [6, 6.07) is 4.70. The van der Waals surface area contributed by atoms with Crippen LogP contribution in [0.2, 0.25) is 10.0 Å². The Morgan fingerprint density at radius 2 is 1.87 bits per heavy atom. The van der Waals surface area contributed by atoms with Gasteiger partial charge in [0, 0.05) is 10.7 Å². The summed E-state index contributed by atoms with van der Waals surface area (Å²) in [5.74, 6) is 0. The van der Waals surface area contributed by atoms with Gasteiger partial charge in [-0.15, -0.1) is 0 Å². The predicted octanol–water partition coefficient (Wildman–Crippen LogP) is 4.01. The standard InChI is InChI=1S/C9H9Cl3O2S/c1-2-9(15(12,13)14)6-3-4-7(10)8(11)5-6/h3-5,9H,2H2,1H3. The van der Waals surface area contributed by atoms with E-state index in [2.05, 4.69) is 0 Å². The van der Waals surface area contributed by atoms with Crippen molar-refractivity contribution in [2.45, 2.75) is 18.6 Å². The fourth-order valence-corrected chi connectivity index (χ4v) is 3.17. The van der Waals surface area contributed by atoms with Gasteiger partial charge < -0.3 is 0 Å². The Hall–Kier alpha value is 0.0400. The normalized spacial score (nSPS) is 13.9. The monoisotopic (exact) mass is 286 g/mol. The molecule has 0 aliphatic heterocycles. The molecular weight excluding hydrogens is 279 g/mol. The van der Waals surface area contributed by atoms with Crippen LogP contribution in [0.4, 0.5) is 0 Å². The van der Waals surface area contributed by atoms with Crippen molar-refractivity contribution in [2.24, 2.45) is 0 Å². The molecule has 2 nitrogen and oxygen atoms in total. The van der Waals surface area contributed by atoms with E-state index in [1.54, 1.807) is 19.1 Å². The molecule has 0 radical (unpaired) electrons. The van der Waals surface area contributed by atoms with E-state index < -0.39 is 14.3 Å². The summed E-state index contributed by atoms with van der Waals surface area (Å²) in [7, 11) is 1.69. The molecule has 0 N–H and O–H groups in total. The molecule has 0 spiro atoms. The molecule has 1 aromatic rings. The maximum Gasteiger partial charge on any atom is 0.239 e. The van der Waals surface area contributed by atoms with Crippen LogP contribution in [0.25, 0.3) is 0 Å². The lowest BCUT2D eigenvalue weighted by Crippen LogP contribution is -2.06. The van der Waals surface area contributed by atoms with E-state index >= 15 is 0 Å². The molecule has 0 saturated heterocycles. The Morgan fingerprint density at radius 1 is 1.27 bits per heavy atom. The van der Waals surface area contributed by atoms with Gasteiger partial charge in [-0.3, -0.25) is 0 Å². The van der Waals surface area contributed by atoms with Crippen LogP contribution in [0.3, 0.4) is 0 Å². The summed E-state index contributed by atoms with van der Waals surface area (Å²) in [4.78, 5) is 0. The largest absolute Gasteiger partial charge is 0.239 e. The Balaban J connectivity index is 3.20. The van der Waals surface area contributed by atoms with Crippen LogP contribution in [0, 0.1) is 0 Å². The molecule has 1 aromatic carbocycles. The highest BCUT2D eigenvalue weighted by Gasteiger charge is 2.23. The molecule has 15 heavy (non-hydrogen) atoms. The third kappa shape index (κ3) is 3.25. The van der Waals surface area contributed by atoms with Gasteiger partial charge in [-0.2, -0.15) is 0 Å². The lowest BCUT2D eigenvalue weighted by atomic mass is 10.1. The van der Waals surface area contributed by atoms with Crippen molar-refractivity contribution in [3.05, 3.63) is 33.8 Å². The number of benzene rings is 1. The van der Waals surface area contributed by atoms with Crippen molar-refractivity contribution in [2.75, 3.05) is 0 Å². The van der Waals surface area contributed by atoms with Crippen molar-refractivity contribution in [1.29, 1.82) is 0 Å². The third-order valence-corrected chi connectivity index (χ3v) is 4.70. The number of halogens is 3. The van der Waals surface area contributed by atoms with Crippen LogP contribution in [-0.2, 0) is 9.05 Å². The molecule has 84 valence electrons. The van der Waals surface area contributed by atoms with Gasteiger partial charge in [-0.05, 0) is 24.1 Å². The average molecular weight is 288 g/mol. The first-order valence-electron chi connectivity index (χ1n) is 4.24. The van der Waals surface area contributed by atoms with Gasteiger partial charge in [0.2, 0.25) is 9.05 Å². The van der Waals surface area contributed by atoms with Crippen molar-refractivity contribution < 1.29 is 8.42 Å². The topological polar surface area (TPSA) is 34.1 Å². The predicted molar refractivity (Wildman–Crippen MR) is 64.3 cm³/mol. The summed E-state index contributed by atoms with van der Waals surface area (Å²) < 4.78 is 22.5. The first-order valence-corrected chi connectivity index (χ1v) is 7.37. The van der Waals surface area contributed by atoms with E-state index in [4.69, 9.17) is 33.9 Å². The zero-order valence-corrected chi connectivity index (χ0v) is 11.0. The summed E-state index contributed by atoms with van der Waals surface area (Å²) in [6.07, 6.45) is 0.393. The maximum atomic E-state index is 11.2. The van der Waals surface area contributed by atoms with Crippen LogP contribution in [0.15, 0.2) is 18.2 Å². The van der Waals surface area contributed by atoms with E-state index in [-0.39, 0.29) is 0 Å². The highest BCUT2D eigenvalue weighted by Crippen LogP contribution is 2.32. The first-order chi connectivity index (χ1) is 6.86.